The maximum absolute atomic E-state index is 12.0. The van der Waals surface area contributed by atoms with E-state index in [2.05, 4.69) is 15.0 Å². The average molecular weight is 574 g/mol. The van der Waals surface area contributed by atoms with Crippen molar-refractivity contribution >= 4 is 17.9 Å². The molecule has 4 aromatic rings. The Kier molecular flexibility index (Phi) is 9.97. The molecule has 42 heavy (non-hydrogen) atoms. The zero-order chi connectivity index (χ0) is 29.9. The van der Waals surface area contributed by atoms with Crippen LogP contribution in [-0.4, -0.2) is 52.7 Å². The van der Waals surface area contributed by atoms with Gasteiger partial charge in [0, 0.05) is 0 Å². The number of ether oxygens (including phenoxy) is 6. The minimum atomic E-state index is -0.460. The van der Waals surface area contributed by atoms with Crippen molar-refractivity contribution in [2.75, 3.05) is 19.8 Å². The third kappa shape index (κ3) is 8.01. The van der Waals surface area contributed by atoms with Crippen LogP contribution in [0, 0.1) is 0 Å². The molecule has 0 unspecified atom stereocenters. The SMILES string of the molecule is CCOC(=O)c1ccc(Oc2nc(Oc3ccc(C(=O)OCC)cc3)nc(Oc3ccc(C(=O)OCC)cc3)n2)cc1. The van der Waals surface area contributed by atoms with E-state index in [0.29, 0.717) is 33.9 Å². The fourth-order valence-electron chi connectivity index (χ4n) is 3.39. The van der Waals surface area contributed by atoms with E-state index in [9.17, 15) is 14.4 Å². The quantitative estimate of drug-likeness (QED) is 0.150. The van der Waals surface area contributed by atoms with Crippen LogP contribution in [0.1, 0.15) is 51.8 Å². The normalized spacial score (nSPS) is 10.4. The first-order valence-corrected chi connectivity index (χ1v) is 13.0. The van der Waals surface area contributed by atoms with Crippen molar-refractivity contribution in [2.24, 2.45) is 0 Å². The van der Waals surface area contributed by atoms with E-state index in [1.54, 1.807) is 93.6 Å². The predicted molar refractivity (Wildman–Crippen MR) is 147 cm³/mol. The molecule has 0 aliphatic heterocycles. The van der Waals surface area contributed by atoms with Crippen LogP contribution in [0.5, 0.6) is 35.3 Å². The van der Waals surface area contributed by atoms with Gasteiger partial charge in [0.1, 0.15) is 17.2 Å². The first-order chi connectivity index (χ1) is 20.4. The number of hydrogen-bond acceptors (Lipinski definition) is 12. The number of esters is 3. The van der Waals surface area contributed by atoms with Gasteiger partial charge in [-0.15, -0.1) is 15.0 Å². The number of hydrogen-bond donors (Lipinski definition) is 0. The first-order valence-electron chi connectivity index (χ1n) is 13.0. The number of carbonyl (C=O) groups is 3. The summed E-state index contributed by atoms with van der Waals surface area (Å²) >= 11 is 0. The van der Waals surface area contributed by atoms with E-state index >= 15 is 0 Å². The largest absolute Gasteiger partial charge is 0.462 e. The molecule has 12 nitrogen and oxygen atoms in total. The summed E-state index contributed by atoms with van der Waals surface area (Å²) in [5.74, 6) is -0.410. The van der Waals surface area contributed by atoms with Crippen molar-refractivity contribution in [2.45, 2.75) is 20.8 Å². The Morgan fingerprint density at radius 1 is 0.452 bits per heavy atom. The average Bonchev–Trinajstić information content (AvgIpc) is 2.98. The van der Waals surface area contributed by atoms with Crippen LogP contribution >= 0.6 is 0 Å². The van der Waals surface area contributed by atoms with Gasteiger partial charge in [-0.05, 0) is 93.6 Å². The van der Waals surface area contributed by atoms with Crippen LogP contribution in [0.15, 0.2) is 72.8 Å². The summed E-state index contributed by atoms with van der Waals surface area (Å²) in [6.07, 6.45) is 0. The van der Waals surface area contributed by atoms with E-state index in [1.165, 1.54) is 0 Å². The van der Waals surface area contributed by atoms with Gasteiger partial charge in [0.15, 0.2) is 0 Å². The molecule has 4 rings (SSSR count). The lowest BCUT2D eigenvalue weighted by Gasteiger charge is -2.10. The van der Waals surface area contributed by atoms with Gasteiger partial charge in [0.2, 0.25) is 0 Å². The molecule has 0 spiro atoms. The highest BCUT2D eigenvalue weighted by Gasteiger charge is 2.15. The summed E-state index contributed by atoms with van der Waals surface area (Å²) in [6.45, 7) is 5.93. The summed E-state index contributed by atoms with van der Waals surface area (Å²) in [7, 11) is 0. The van der Waals surface area contributed by atoms with Crippen molar-refractivity contribution in [1.82, 2.24) is 15.0 Å². The molecule has 0 N–H and O–H groups in total. The molecule has 0 bridgehead atoms. The third-order valence-corrected chi connectivity index (χ3v) is 5.30. The van der Waals surface area contributed by atoms with Gasteiger partial charge >= 0.3 is 35.9 Å². The predicted octanol–water partition coefficient (Wildman–Crippen LogP) is 5.78. The van der Waals surface area contributed by atoms with Crippen LogP contribution < -0.4 is 14.2 Å². The Morgan fingerprint density at radius 3 is 0.905 bits per heavy atom. The van der Waals surface area contributed by atoms with Gasteiger partial charge in [-0.25, -0.2) is 14.4 Å². The molecule has 1 aromatic heterocycles. The smallest absolute Gasteiger partial charge is 0.338 e. The lowest BCUT2D eigenvalue weighted by molar-refractivity contribution is 0.0516. The highest BCUT2D eigenvalue weighted by molar-refractivity contribution is 5.90. The Bertz CT molecular complexity index is 1330. The zero-order valence-electron chi connectivity index (χ0n) is 23.1. The van der Waals surface area contributed by atoms with Crippen LogP contribution in [0.25, 0.3) is 0 Å². The van der Waals surface area contributed by atoms with Crippen molar-refractivity contribution in [3.63, 3.8) is 0 Å². The Labute approximate surface area is 241 Å². The monoisotopic (exact) mass is 573 g/mol. The third-order valence-electron chi connectivity index (χ3n) is 5.30. The van der Waals surface area contributed by atoms with Crippen molar-refractivity contribution in [3.8, 4) is 35.3 Å². The lowest BCUT2D eigenvalue weighted by atomic mass is 10.2. The van der Waals surface area contributed by atoms with Crippen molar-refractivity contribution < 1.29 is 42.8 Å². The molecule has 0 fully saturated rings. The molecule has 0 amide bonds. The standard InChI is InChI=1S/C30H27N3O9/c1-4-37-25(34)19-7-13-22(14-8-19)40-28-31-29(41-23-15-9-20(10-16-23)26(35)38-5-2)33-30(32-28)42-24-17-11-21(12-18-24)27(36)39-6-3/h7-18H,4-6H2,1-3H3. The van der Waals surface area contributed by atoms with E-state index in [4.69, 9.17) is 28.4 Å². The Morgan fingerprint density at radius 2 is 0.690 bits per heavy atom. The number of carbonyl (C=O) groups excluding carboxylic acids is 3. The molecule has 0 radical (unpaired) electrons. The minimum absolute atomic E-state index is 0.162. The van der Waals surface area contributed by atoms with Gasteiger partial charge in [-0.1, -0.05) is 0 Å². The summed E-state index contributed by atoms with van der Waals surface area (Å²) < 4.78 is 32.4. The van der Waals surface area contributed by atoms with E-state index in [1.807, 2.05) is 0 Å². The van der Waals surface area contributed by atoms with Crippen LogP contribution in [0.2, 0.25) is 0 Å². The highest BCUT2D eigenvalue weighted by Crippen LogP contribution is 2.27. The van der Waals surface area contributed by atoms with Gasteiger partial charge in [-0.2, -0.15) is 0 Å². The molecule has 0 aliphatic carbocycles. The summed E-state index contributed by atoms with van der Waals surface area (Å²) in [6, 6.07) is 18.1. The number of rotatable bonds is 12. The zero-order valence-corrected chi connectivity index (χ0v) is 23.1. The fourth-order valence-corrected chi connectivity index (χ4v) is 3.39. The molecule has 12 heteroatoms. The second kappa shape index (κ2) is 14.2. The Balaban J connectivity index is 1.58. The van der Waals surface area contributed by atoms with Crippen LogP contribution in [0.4, 0.5) is 0 Å². The maximum Gasteiger partial charge on any atom is 0.338 e. The molecule has 1 heterocycles. The summed E-state index contributed by atoms with van der Waals surface area (Å²) in [4.78, 5) is 48.5. The number of aromatic nitrogens is 3. The first kappa shape index (κ1) is 29.5. The lowest BCUT2D eigenvalue weighted by Crippen LogP contribution is -2.05. The molecule has 0 saturated heterocycles. The molecule has 216 valence electrons. The molecule has 0 aliphatic rings. The van der Waals surface area contributed by atoms with Gasteiger partial charge < -0.3 is 28.4 Å². The van der Waals surface area contributed by atoms with Gasteiger partial charge in [-0.3, -0.25) is 0 Å². The maximum atomic E-state index is 12.0. The van der Waals surface area contributed by atoms with Crippen molar-refractivity contribution in [1.29, 1.82) is 0 Å². The summed E-state index contributed by atoms with van der Waals surface area (Å²) in [5.41, 5.74) is 1.06. The van der Waals surface area contributed by atoms with E-state index in [-0.39, 0.29) is 37.9 Å². The van der Waals surface area contributed by atoms with Gasteiger partial charge in [0.25, 0.3) is 0 Å². The molecular weight excluding hydrogens is 546 g/mol. The Hall–Kier alpha value is -5.52. The minimum Gasteiger partial charge on any atom is -0.462 e. The number of benzene rings is 3. The number of nitrogens with zero attached hydrogens (tertiary/aromatic N) is 3. The van der Waals surface area contributed by atoms with E-state index in [0.717, 1.165) is 0 Å². The van der Waals surface area contributed by atoms with Crippen LogP contribution in [0.3, 0.4) is 0 Å². The second-order valence-electron chi connectivity index (χ2n) is 8.22. The molecule has 3 aromatic carbocycles. The topological polar surface area (TPSA) is 145 Å². The highest BCUT2D eigenvalue weighted by atomic mass is 16.5. The second-order valence-corrected chi connectivity index (χ2v) is 8.22. The van der Waals surface area contributed by atoms with Gasteiger partial charge in [0.05, 0.1) is 36.5 Å². The molecule has 0 atom stereocenters. The molecule has 0 saturated carbocycles. The molecular formula is C30H27N3O9. The summed E-state index contributed by atoms with van der Waals surface area (Å²) in [5, 5.41) is 0. The fraction of sp³-hybridized carbons (Fsp3) is 0.200. The van der Waals surface area contributed by atoms with E-state index < -0.39 is 17.9 Å². The van der Waals surface area contributed by atoms with Crippen LogP contribution in [-0.2, 0) is 14.2 Å². The van der Waals surface area contributed by atoms with Crippen molar-refractivity contribution in [3.05, 3.63) is 89.5 Å².